The molecular weight excluding hydrogens is 504 g/mol. The van der Waals surface area contributed by atoms with Crippen LogP contribution in [0.5, 0.6) is 0 Å². The highest BCUT2D eigenvalue weighted by molar-refractivity contribution is 8.00. The van der Waals surface area contributed by atoms with Crippen LogP contribution >= 0.6 is 11.8 Å². The monoisotopic (exact) mass is 536 g/mol. The van der Waals surface area contributed by atoms with Crippen molar-refractivity contribution in [3.8, 4) is 16.9 Å². The molecule has 1 aromatic heterocycles. The summed E-state index contributed by atoms with van der Waals surface area (Å²) in [7, 11) is 0. The molecule has 3 aromatic carbocycles. The second kappa shape index (κ2) is 10.4. The highest BCUT2D eigenvalue weighted by Crippen LogP contribution is 2.49. The van der Waals surface area contributed by atoms with Gasteiger partial charge in [0.1, 0.15) is 12.4 Å². The van der Waals surface area contributed by atoms with Gasteiger partial charge in [0, 0.05) is 17.2 Å². The molecule has 0 unspecified atom stereocenters. The standard InChI is InChI=1S/C32H32N4O2S/c1-20-13-16-26(22(3)17-20)36-32-29(30(34-36)23-10-5-4-6-11-23)31(25-12-8-7-9-21(25)2)39-19-28(38)35(32)18-27(37)33-24-14-15-24/h4-13,16-17,24,31H,14-15,18-19H2,1-3H3,(H,33,37)/t31-/m0/s1. The van der Waals surface area contributed by atoms with Gasteiger partial charge in [0.05, 0.1) is 22.4 Å². The third kappa shape index (κ3) is 4.99. The second-order valence-corrected chi connectivity index (χ2v) is 11.6. The van der Waals surface area contributed by atoms with Crippen LogP contribution in [-0.4, -0.2) is 39.9 Å². The average Bonchev–Trinajstić information content (AvgIpc) is 3.68. The summed E-state index contributed by atoms with van der Waals surface area (Å²) < 4.78 is 1.89. The Morgan fingerprint density at radius 2 is 1.72 bits per heavy atom. The first kappa shape index (κ1) is 25.4. The number of benzene rings is 3. The molecule has 1 fully saturated rings. The van der Waals surface area contributed by atoms with Gasteiger partial charge >= 0.3 is 0 Å². The minimum absolute atomic E-state index is 0.0335. The van der Waals surface area contributed by atoms with Crippen LogP contribution in [0.1, 0.15) is 45.9 Å². The summed E-state index contributed by atoms with van der Waals surface area (Å²) in [4.78, 5) is 28.6. The first-order valence-electron chi connectivity index (χ1n) is 13.4. The summed E-state index contributed by atoms with van der Waals surface area (Å²) in [5.41, 5.74) is 8.19. The predicted octanol–water partition coefficient (Wildman–Crippen LogP) is 5.91. The normalized spacial score (nSPS) is 17.1. The zero-order valence-electron chi connectivity index (χ0n) is 22.5. The number of nitrogens with one attached hydrogen (secondary N) is 1. The van der Waals surface area contributed by atoms with E-state index in [2.05, 4.69) is 68.6 Å². The summed E-state index contributed by atoms with van der Waals surface area (Å²) in [5, 5.41) is 8.16. The molecule has 39 heavy (non-hydrogen) atoms. The number of anilines is 1. The first-order chi connectivity index (χ1) is 18.9. The lowest BCUT2D eigenvalue weighted by atomic mass is 9.96. The van der Waals surface area contributed by atoms with Crippen molar-refractivity contribution in [1.82, 2.24) is 15.1 Å². The van der Waals surface area contributed by atoms with Crippen molar-refractivity contribution in [2.75, 3.05) is 17.2 Å². The van der Waals surface area contributed by atoms with E-state index in [0.717, 1.165) is 57.6 Å². The molecule has 7 heteroatoms. The molecule has 2 aliphatic rings. The largest absolute Gasteiger partial charge is 0.352 e. The maximum Gasteiger partial charge on any atom is 0.240 e. The number of fused-ring (bicyclic) bond motifs is 1. The highest BCUT2D eigenvalue weighted by atomic mass is 32.2. The molecular formula is C32H32N4O2S. The third-order valence-corrected chi connectivity index (χ3v) is 8.67. The van der Waals surface area contributed by atoms with Crippen LogP contribution in [0.2, 0.25) is 0 Å². The molecule has 1 saturated carbocycles. The van der Waals surface area contributed by atoms with Gasteiger partial charge in [-0.25, -0.2) is 4.68 Å². The maximum absolute atomic E-state index is 13.8. The molecule has 1 aliphatic carbocycles. The van der Waals surface area contributed by atoms with Crippen LogP contribution in [0, 0.1) is 20.8 Å². The van der Waals surface area contributed by atoms with Gasteiger partial charge in [-0.05, 0) is 56.4 Å². The van der Waals surface area contributed by atoms with Crippen LogP contribution in [-0.2, 0) is 9.59 Å². The van der Waals surface area contributed by atoms with Crippen LogP contribution < -0.4 is 10.2 Å². The minimum atomic E-state index is -0.134. The molecule has 1 atom stereocenters. The number of carbonyl (C=O) groups excluding carboxylic acids is 2. The molecule has 2 amide bonds. The van der Waals surface area contributed by atoms with Crippen molar-refractivity contribution in [3.05, 3.63) is 101 Å². The van der Waals surface area contributed by atoms with Gasteiger partial charge in [-0.1, -0.05) is 72.3 Å². The molecule has 0 spiro atoms. The Bertz CT molecular complexity index is 1560. The summed E-state index contributed by atoms with van der Waals surface area (Å²) in [6.45, 7) is 6.21. The van der Waals surface area contributed by atoms with Crippen molar-refractivity contribution in [3.63, 3.8) is 0 Å². The van der Waals surface area contributed by atoms with E-state index in [4.69, 9.17) is 5.10 Å². The SMILES string of the molecule is Cc1ccc(-n2nc(-c3ccccc3)c3c2N(CC(=O)NC2CC2)C(=O)CS[C@H]3c2ccccc2C)c(C)c1. The number of thioether (sulfide) groups is 1. The molecule has 0 radical (unpaired) electrons. The zero-order valence-corrected chi connectivity index (χ0v) is 23.3. The summed E-state index contributed by atoms with van der Waals surface area (Å²) in [5.74, 6) is 0.723. The zero-order chi connectivity index (χ0) is 27.1. The maximum atomic E-state index is 13.8. The number of hydrogen-bond donors (Lipinski definition) is 1. The van der Waals surface area contributed by atoms with Crippen LogP contribution in [0.4, 0.5) is 5.82 Å². The van der Waals surface area contributed by atoms with E-state index < -0.39 is 0 Å². The van der Waals surface area contributed by atoms with Crippen molar-refractivity contribution in [2.24, 2.45) is 0 Å². The number of hydrogen-bond acceptors (Lipinski definition) is 4. The molecule has 1 aliphatic heterocycles. The lowest BCUT2D eigenvalue weighted by molar-refractivity contribution is -0.123. The number of rotatable bonds is 6. The summed E-state index contributed by atoms with van der Waals surface area (Å²) >= 11 is 1.61. The minimum Gasteiger partial charge on any atom is -0.352 e. The van der Waals surface area contributed by atoms with E-state index in [0.29, 0.717) is 5.82 Å². The van der Waals surface area contributed by atoms with E-state index in [1.165, 1.54) is 0 Å². The Kier molecular flexibility index (Phi) is 6.77. The van der Waals surface area contributed by atoms with E-state index in [1.54, 1.807) is 16.7 Å². The Morgan fingerprint density at radius 1 is 0.974 bits per heavy atom. The van der Waals surface area contributed by atoms with Gasteiger partial charge in [0.25, 0.3) is 0 Å². The number of amides is 2. The lowest BCUT2D eigenvalue weighted by Gasteiger charge is -2.24. The van der Waals surface area contributed by atoms with Crippen LogP contribution in [0.15, 0.2) is 72.8 Å². The van der Waals surface area contributed by atoms with Crippen molar-refractivity contribution in [1.29, 1.82) is 0 Å². The molecule has 2 heterocycles. The van der Waals surface area contributed by atoms with E-state index >= 15 is 0 Å². The Hall–Kier alpha value is -3.84. The van der Waals surface area contributed by atoms with Gasteiger partial charge in [-0.3, -0.25) is 14.5 Å². The van der Waals surface area contributed by atoms with Crippen molar-refractivity contribution in [2.45, 2.75) is 44.9 Å². The molecule has 6 nitrogen and oxygen atoms in total. The molecule has 198 valence electrons. The van der Waals surface area contributed by atoms with E-state index in [1.807, 2.05) is 35.0 Å². The Morgan fingerprint density at radius 3 is 2.44 bits per heavy atom. The van der Waals surface area contributed by atoms with Gasteiger partial charge in [0.2, 0.25) is 11.8 Å². The predicted molar refractivity (Wildman–Crippen MR) is 157 cm³/mol. The first-order valence-corrected chi connectivity index (χ1v) is 14.5. The fourth-order valence-electron chi connectivity index (χ4n) is 5.31. The molecule has 1 N–H and O–H groups in total. The summed E-state index contributed by atoms with van der Waals surface area (Å²) in [6, 6.07) is 24.9. The molecule has 0 bridgehead atoms. The van der Waals surface area contributed by atoms with Gasteiger partial charge in [-0.2, -0.15) is 5.10 Å². The fourth-order valence-corrected chi connectivity index (χ4v) is 6.60. The summed E-state index contributed by atoms with van der Waals surface area (Å²) in [6.07, 6.45) is 1.99. The quantitative estimate of drug-likeness (QED) is 0.333. The van der Waals surface area contributed by atoms with Crippen LogP contribution in [0.3, 0.4) is 0 Å². The topological polar surface area (TPSA) is 67.2 Å². The number of aryl methyl sites for hydroxylation is 3. The molecule has 4 aromatic rings. The number of nitrogens with zero attached hydrogens (tertiary/aromatic N) is 3. The van der Waals surface area contributed by atoms with Crippen molar-refractivity contribution < 1.29 is 9.59 Å². The van der Waals surface area contributed by atoms with Crippen molar-refractivity contribution >= 4 is 29.4 Å². The Balaban J connectivity index is 1.63. The number of carbonyl (C=O) groups is 2. The third-order valence-electron chi connectivity index (χ3n) is 7.43. The highest BCUT2D eigenvalue weighted by Gasteiger charge is 2.38. The lowest BCUT2D eigenvalue weighted by Crippen LogP contribution is -2.43. The molecule has 6 rings (SSSR count). The van der Waals surface area contributed by atoms with Gasteiger partial charge < -0.3 is 5.32 Å². The van der Waals surface area contributed by atoms with Gasteiger partial charge in [-0.15, -0.1) is 11.8 Å². The van der Waals surface area contributed by atoms with E-state index in [-0.39, 0.29) is 35.4 Å². The van der Waals surface area contributed by atoms with E-state index in [9.17, 15) is 9.59 Å². The van der Waals surface area contributed by atoms with Gasteiger partial charge in [0.15, 0.2) is 0 Å². The molecule has 0 saturated heterocycles. The smallest absolute Gasteiger partial charge is 0.240 e. The number of aromatic nitrogens is 2. The second-order valence-electron chi connectivity index (χ2n) is 10.5. The fraction of sp³-hybridized carbons (Fsp3) is 0.281. The average molecular weight is 537 g/mol. The Labute approximate surface area is 233 Å². The van der Waals surface area contributed by atoms with Crippen LogP contribution in [0.25, 0.3) is 16.9 Å².